The van der Waals surface area contributed by atoms with Crippen LogP contribution >= 0.6 is 0 Å². The van der Waals surface area contributed by atoms with Gasteiger partial charge in [0.05, 0.1) is 0 Å². The maximum absolute atomic E-state index is 13.3. The standard InChI is InChI=1S/C22H22FN/c1-15-13-24(14-15)22-9-8-19-12-18(16(2)10-21(19)22)7-6-17-4-3-5-20(23)11-17/h3-5,10-12,15,22H,8-9,13-14H2,1-2H3. The van der Waals surface area contributed by atoms with E-state index < -0.39 is 0 Å². The predicted octanol–water partition coefficient (Wildman–Crippen LogP) is 4.47. The van der Waals surface area contributed by atoms with Crippen LogP contribution in [0.1, 0.15) is 47.2 Å². The first-order valence-electron chi connectivity index (χ1n) is 8.75. The van der Waals surface area contributed by atoms with Gasteiger partial charge < -0.3 is 0 Å². The molecule has 1 nitrogen and oxygen atoms in total. The van der Waals surface area contributed by atoms with Crippen molar-refractivity contribution in [3.05, 3.63) is 70.0 Å². The Morgan fingerprint density at radius 1 is 1.12 bits per heavy atom. The quantitative estimate of drug-likeness (QED) is 0.701. The average Bonchev–Trinajstić information content (AvgIpc) is 2.92. The van der Waals surface area contributed by atoms with Crippen LogP contribution < -0.4 is 0 Å². The van der Waals surface area contributed by atoms with Crippen molar-refractivity contribution in [3.8, 4) is 11.8 Å². The molecule has 0 N–H and O–H groups in total. The van der Waals surface area contributed by atoms with Crippen molar-refractivity contribution in [1.82, 2.24) is 4.90 Å². The number of likely N-dealkylation sites (tertiary alicyclic amines) is 1. The molecule has 24 heavy (non-hydrogen) atoms. The van der Waals surface area contributed by atoms with Crippen molar-refractivity contribution in [2.45, 2.75) is 32.7 Å². The summed E-state index contributed by atoms with van der Waals surface area (Å²) in [7, 11) is 0. The summed E-state index contributed by atoms with van der Waals surface area (Å²) in [6.07, 6.45) is 2.36. The Bertz CT molecular complexity index is 837. The van der Waals surface area contributed by atoms with Gasteiger partial charge in [0.2, 0.25) is 0 Å². The molecule has 0 bridgehead atoms. The Balaban J connectivity index is 1.61. The van der Waals surface area contributed by atoms with E-state index in [1.807, 2.05) is 6.07 Å². The molecule has 0 saturated carbocycles. The number of hydrogen-bond donors (Lipinski definition) is 0. The fourth-order valence-electron chi connectivity index (χ4n) is 3.97. The van der Waals surface area contributed by atoms with Crippen LogP contribution in [0, 0.1) is 30.5 Å². The summed E-state index contributed by atoms with van der Waals surface area (Å²) >= 11 is 0. The van der Waals surface area contributed by atoms with Crippen LogP contribution in [-0.4, -0.2) is 18.0 Å². The van der Waals surface area contributed by atoms with Crippen molar-refractivity contribution < 1.29 is 4.39 Å². The van der Waals surface area contributed by atoms with E-state index in [9.17, 15) is 4.39 Å². The highest BCUT2D eigenvalue weighted by molar-refractivity contribution is 5.51. The van der Waals surface area contributed by atoms with Gasteiger partial charge in [0.25, 0.3) is 0 Å². The van der Waals surface area contributed by atoms with Gasteiger partial charge in [-0.1, -0.05) is 30.9 Å². The zero-order valence-electron chi connectivity index (χ0n) is 14.3. The number of fused-ring (bicyclic) bond motifs is 1. The lowest BCUT2D eigenvalue weighted by Gasteiger charge is -2.42. The van der Waals surface area contributed by atoms with Crippen LogP contribution in [0.3, 0.4) is 0 Å². The fraction of sp³-hybridized carbons (Fsp3) is 0.364. The highest BCUT2D eigenvalue weighted by Gasteiger charge is 2.34. The molecule has 2 aromatic carbocycles. The minimum absolute atomic E-state index is 0.237. The Hall–Kier alpha value is -2.11. The Labute approximate surface area is 143 Å². The monoisotopic (exact) mass is 319 g/mol. The third-order valence-electron chi connectivity index (χ3n) is 5.23. The molecule has 0 aromatic heterocycles. The minimum atomic E-state index is -0.237. The minimum Gasteiger partial charge on any atom is -0.296 e. The van der Waals surface area contributed by atoms with Crippen LogP contribution in [0.15, 0.2) is 36.4 Å². The topological polar surface area (TPSA) is 3.24 Å². The molecule has 2 aromatic rings. The zero-order chi connectivity index (χ0) is 16.7. The second kappa shape index (κ2) is 6.07. The average molecular weight is 319 g/mol. The molecule has 2 heteroatoms. The first kappa shape index (κ1) is 15.4. The molecule has 1 fully saturated rings. The summed E-state index contributed by atoms with van der Waals surface area (Å²) in [4.78, 5) is 2.61. The van der Waals surface area contributed by atoms with Crippen LogP contribution in [0.25, 0.3) is 0 Å². The zero-order valence-corrected chi connectivity index (χ0v) is 14.3. The maximum atomic E-state index is 13.3. The van der Waals surface area contributed by atoms with Gasteiger partial charge in [0, 0.05) is 30.3 Å². The van der Waals surface area contributed by atoms with E-state index in [2.05, 4.69) is 42.7 Å². The van der Waals surface area contributed by atoms with E-state index in [4.69, 9.17) is 0 Å². The Kier molecular flexibility index (Phi) is 3.90. The van der Waals surface area contributed by atoms with E-state index in [1.54, 1.807) is 6.07 Å². The van der Waals surface area contributed by atoms with Gasteiger partial charge in [-0.3, -0.25) is 4.90 Å². The summed E-state index contributed by atoms with van der Waals surface area (Å²) in [5.41, 5.74) is 5.94. The second-order valence-electron chi connectivity index (χ2n) is 7.24. The van der Waals surface area contributed by atoms with Gasteiger partial charge in [0.15, 0.2) is 0 Å². The number of aryl methyl sites for hydroxylation is 2. The van der Waals surface area contributed by atoms with Crippen molar-refractivity contribution in [2.24, 2.45) is 5.92 Å². The highest BCUT2D eigenvalue weighted by atomic mass is 19.1. The third-order valence-corrected chi connectivity index (χ3v) is 5.23. The van der Waals surface area contributed by atoms with Crippen LogP contribution in [-0.2, 0) is 6.42 Å². The molecular weight excluding hydrogens is 297 g/mol. The SMILES string of the molecule is Cc1cc2c(cc1C#Cc1cccc(F)c1)CCC2N1CC(C)C1. The van der Waals surface area contributed by atoms with E-state index >= 15 is 0 Å². The van der Waals surface area contributed by atoms with Crippen molar-refractivity contribution in [3.63, 3.8) is 0 Å². The van der Waals surface area contributed by atoms with Crippen LogP contribution in [0.4, 0.5) is 4.39 Å². The fourth-order valence-corrected chi connectivity index (χ4v) is 3.97. The van der Waals surface area contributed by atoms with E-state index in [0.29, 0.717) is 6.04 Å². The molecule has 1 unspecified atom stereocenters. The maximum Gasteiger partial charge on any atom is 0.124 e. The van der Waals surface area contributed by atoms with E-state index in [0.717, 1.165) is 23.5 Å². The predicted molar refractivity (Wildman–Crippen MR) is 95.4 cm³/mol. The molecule has 0 radical (unpaired) electrons. The molecule has 1 atom stereocenters. The van der Waals surface area contributed by atoms with Crippen molar-refractivity contribution >= 4 is 0 Å². The molecule has 4 rings (SSSR count). The molecule has 0 amide bonds. The molecule has 1 heterocycles. The lowest BCUT2D eigenvalue weighted by atomic mass is 9.95. The van der Waals surface area contributed by atoms with Gasteiger partial charge in [-0.25, -0.2) is 4.39 Å². The van der Waals surface area contributed by atoms with Crippen LogP contribution in [0.5, 0.6) is 0 Å². The molecule has 0 spiro atoms. The largest absolute Gasteiger partial charge is 0.296 e. The summed E-state index contributed by atoms with van der Waals surface area (Å²) < 4.78 is 13.3. The number of hydrogen-bond acceptors (Lipinski definition) is 1. The van der Waals surface area contributed by atoms with Gasteiger partial charge in [0.1, 0.15) is 5.82 Å². The molecule has 1 aliphatic carbocycles. The number of rotatable bonds is 1. The second-order valence-corrected chi connectivity index (χ2v) is 7.24. The van der Waals surface area contributed by atoms with Crippen LogP contribution in [0.2, 0.25) is 0 Å². The third kappa shape index (κ3) is 2.85. The number of benzene rings is 2. The smallest absolute Gasteiger partial charge is 0.124 e. The van der Waals surface area contributed by atoms with Gasteiger partial charge in [-0.2, -0.15) is 0 Å². The summed E-state index contributed by atoms with van der Waals surface area (Å²) in [5, 5.41) is 0. The lowest BCUT2D eigenvalue weighted by molar-refractivity contribution is 0.0624. The number of nitrogens with zero attached hydrogens (tertiary/aromatic N) is 1. The van der Waals surface area contributed by atoms with Crippen molar-refractivity contribution in [1.29, 1.82) is 0 Å². The lowest BCUT2D eigenvalue weighted by Crippen LogP contribution is -2.46. The number of halogens is 1. The summed E-state index contributed by atoms with van der Waals surface area (Å²) in [6, 6.07) is 11.7. The Morgan fingerprint density at radius 2 is 1.96 bits per heavy atom. The van der Waals surface area contributed by atoms with Crippen molar-refractivity contribution in [2.75, 3.05) is 13.1 Å². The van der Waals surface area contributed by atoms with E-state index in [1.165, 1.54) is 48.3 Å². The van der Waals surface area contributed by atoms with Gasteiger partial charge >= 0.3 is 0 Å². The molecule has 122 valence electrons. The normalized spacial score (nSPS) is 20.2. The summed E-state index contributed by atoms with van der Waals surface area (Å²) in [5.74, 6) is 6.93. The first-order chi connectivity index (χ1) is 11.6. The molecule has 1 aliphatic heterocycles. The molecular formula is C22H22FN. The molecule has 2 aliphatic rings. The van der Waals surface area contributed by atoms with Gasteiger partial charge in [-0.05, 0) is 66.6 Å². The summed E-state index contributed by atoms with van der Waals surface area (Å²) in [6.45, 7) is 6.90. The highest BCUT2D eigenvalue weighted by Crippen LogP contribution is 2.40. The van der Waals surface area contributed by atoms with E-state index in [-0.39, 0.29) is 5.82 Å². The first-order valence-corrected chi connectivity index (χ1v) is 8.75. The van der Waals surface area contributed by atoms with Gasteiger partial charge in [-0.15, -0.1) is 0 Å². The molecule has 1 saturated heterocycles. The Morgan fingerprint density at radius 3 is 2.71 bits per heavy atom.